The van der Waals surface area contributed by atoms with Crippen LogP contribution >= 0.6 is 23.4 Å². The summed E-state index contributed by atoms with van der Waals surface area (Å²) in [7, 11) is 1.54. The molecule has 8 heteroatoms. The molecule has 1 unspecified atom stereocenters. The average Bonchev–Trinajstić information content (AvgIpc) is 2.76. The van der Waals surface area contributed by atoms with E-state index in [-0.39, 0.29) is 17.2 Å². The first-order valence-corrected chi connectivity index (χ1v) is 10.7. The van der Waals surface area contributed by atoms with Crippen LogP contribution in [0, 0.1) is 0 Å². The van der Waals surface area contributed by atoms with E-state index >= 15 is 0 Å². The number of benzene rings is 3. The summed E-state index contributed by atoms with van der Waals surface area (Å²) in [4.78, 5) is 25.5. The number of hydrogen-bond donors (Lipinski definition) is 3. The normalized spacial score (nSPS) is 11.3. The molecule has 0 saturated heterocycles. The number of hydrogen-bond acceptors (Lipinski definition) is 4. The van der Waals surface area contributed by atoms with Crippen molar-refractivity contribution in [2.75, 3.05) is 23.1 Å². The number of nitrogens with one attached hydrogen (secondary N) is 3. The minimum absolute atomic E-state index is 0.143. The monoisotopic (exact) mass is 455 g/mol. The van der Waals surface area contributed by atoms with Gasteiger partial charge in [0.2, 0.25) is 5.91 Å². The van der Waals surface area contributed by atoms with Crippen LogP contribution in [-0.4, -0.2) is 24.3 Å². The van der Waals surface area contributed by atoms with E-state index in [9.17, 15) is 9.59 Å². The van der Waals surface area contributed by atoms with Crippen LogP contribution in [0.5, 0.6) is 5.75 Å². The maximum atomic E-state index is 12.5. The summed E-state index contributed by atoms with van der Waals surface area (Å²) < 4.78 is 5.12. The lowest BCUT2D eigenvalue weighted by Gasteiger charge is -2.13. The van der Waals surface area contributed by atoms with Gasteiger partial charge in [-0.05, 0) is 61.5 Å². The van der Waals surface area contributed by atoms with E-state index in [1.807, 2.05) is 49.4 Å². The van der Waals surface area contributed by atoms with Crippen molar-refractivity contribution < 1.29 is 14.3 Å². The lowest BCUT2D eigenvalue weighted by atomic mass is 10.3. The van der Waals surface area contributed by atoms with Crippen molar-refractivity contribution in [3.05, 3.63) is 77.8 Å². The third kappa shape index (κ3) is 6.67. The summed E-state index contributed by atoms with van der Waals surface area (Å²) in [6, 6.07) is 21.3. The van der Waals surface area contributed by atoms with E-state index in [0.29, 0.717) is 27.8 Å². The van der Waals surface area contributed by atoms with E-state index in [4.69, 9.17) is 16.3 Å². The predicted octanol–water partition coefficient (Wildman–Crippen LogP) is 6.11. The molecule has 0 spiro atoms. The summed E-state index contributed by atoms with van der Waals surface area (Å²) in [5.74, 6) is 0.406. The van der Waals surface area contributed by atoms with Crippen LogP contribution in [0.3, 0.4) is 0 Å². The Morgan fingerprint density at radius 1 is 0.871 bits per heavy atom. The zero-order valence-corrected chi connectivity index (χ0v) is 18.6. The second-order valence-electron chi connectivity index (χ2n) is 6.57. The zero-order valence-electron chi connectivity index (χ0n) is 17.0. The number of thioether (sulfide) groups is 1. The lowest BCUT2D eigenvalue weighted by Crippen LogP contribution is -2.22. The number of halogens is 1. The van der Waals surface area contributed by atoms with Gasteiger partial charge in [-0.1, -0.05) is 29.8 Å². The Hall–Kier alpha value is -3.16. The van der Waals surface area contributed by atoms with Gasteiger partial charge in [0.1, 0.15) is 5.75 Å². The fourth-order valence-electron chi connectivity index (χ4n) is 2.68. The molecule has 3 aromatic carbocycles. The first kappa shape index (κ1) is 22.5. The lowest BCUT2D eigenvalue weighted by molar-refractivity contribution is -0.115. The van der Waals surface area contributed by atoms with Crippen LogP contribution in [0.1, 0.15) is 6.92 Å². The SMILES string of the molecule is COc1ccc(NC(=O)C(C)Sc2ccc(NC(=O)Nc3ccccc3)cc2)cc1Cl. The summed E-state index contributed by atoms with van der Waals surface area (Å²) in [5.41, 5.74) is 1.97. The van der Waals surface area contributed by atoms with Gasteiger partial charge in [0.25, 0.3) is 0 Å². The predicted molar refractivity (Wildman–Crippen MR) is 127 cm³/mol. The number of urea groups is 1. The first-order valence-electron chi connectivity index (χ1n) is 9.49. The number of carbonyl (C=O) groups is 2. The standard InChI is InChI=1S/C23H22ClN3O3S/c1-15(22(28)25-18-10-13-21(30-2)20(24)14-18)31-19-11-8-17(9-12-19)27-23(29)26-16-6-4-3-5-7-16/h3-15H,1-2H3,(H,25,28)(H2,26,27,29). The third-order valence-electron chi connectivity index (χ3n) is 4.25. The molecule has 160 valence electrons. The molecule has 3 rings (SSSR count). The van der Waals surface area contributed by atoms with Crippen molar-refractivity contribution in [3.63, 3.8) is 0 Å². The van der Waals surface area contributed by atoms with Gasteiger partial charge in [-0.3, -0.25) is 4.79 Å². The van der Waals surface area contributed by atoms with Crippen LogP contribution < -0.4 is 20.7 Å². The highest BCUT2D eigenvalue weighted by Gasteiger charge is 2.15. The van der Waals surface area contributed by atoms with Crippen molar-refractivity contribution in [1.82, 2.24) is 0 Å². The smallest absolute Gasteiger partial charge is 0.323 e. The molecule has 3 amide bonds. The fraction of sp³-hybridized carbons (Fsp3) is 0.130. The van der Waals surface area contributed by atoms with Crippen LogP contribution in [0.4, 0.5) is 21.9 Å². The molecule has 0 aliphatic carbocycles. The summed E-state index contributed by atoms with van der Waals surface area (Å²) in [5, 5.41) is 8.49. The second kappa shape index (κ2) is 10.7. The zero-order chi connectivity index (χ0) is 22.2. The molecule has 0 aromatic heterocycles. The van der Waals surface area contributed by atoms with Crippen LogP contribution in [0.2, 0.25) is 5.02 Å². The molecular weight excluding hydrogens is 434 g/mol. The van der Waals surface area contributed by atoms with Crippen LogP contribution in [-0.2, 0) is 4.79 Å². The number of methoxy groups -OCH3 is 1. The van der Waals surface area contributed by atoms with Gasteiger partial charge in [0, 0.05) is 22.0 Å². The maximum Gasteiger partial charge on any atom is 0.323 e. The highest BCUT2D eigenvalue weighted by Crippen LogP contribution is 2.29. The fourth-order valence-corrected chi connectivity index (χ4v) is 3.80. The Kier molecular flexibility index (Phi) is 7.81. The minimum Gasteiger partial charge on any atom is -0.495 e. The third-order valence-corrected chi connectivity index (χ3v) is 5.65. The van der Waals surface area contributed by atoms with Crippen molar-refractivity contribution >= 4 is 52.4 Å². The van der Waals surface area contributed by atoms with Crippen molar-refractivity contribution in [3.8, 4) is 5.75 Å². The Morgan fingerprint density at radius 2 is 1.48 bits per heavy atom. The minimum atomic E-state index is -0.332. The molecule has 3 aromatic rings. The molecule has 0 bridgehead atoms. The Bertz CT molecular complexity index is 1050. The largest absolute Gasteiger partial charge is 0.495 e. The van der Waals surface area contributed by atoms with Gasteiger partial charge in [-0.25, -0.2) is 4.79 Å². The quantitative estimate of drug-likeness (QED) is 0.375. The van der Waals surface area contributed by atoms with Crippen molar-refractivity contribution in [1.29, 1.82) is 0 Å². The molecular formula is C23H22ClN3O3S. The second-order valence-corrected chi connectivity index (χ2v) is 8.39. The van der Waals surface area contributed by atoms with Gasteiger partial charge in [-0.15, -0.1) is 11.8 Å². The van der Waals surface area contributed by atoms with Crippen LogP contribution in [0.15, 0.2) is 77.7 Å². The summed E-state index contributed by atoms with van der Waals surface area (Å²) in [6.45, 7) is 1.82. The van der Waals surface area contributed by atoms with E-state index in [2.05, 4.69) is 16.0 Å². The number of para-hydroxylation sites is 1. The molecule has 6 nitrogen and oxygen atoms in total. The van der Waals surface area contributed by atoms with Crippen molar-refractivity contribution in [2.45, 2.75) is 17.1 Å². The molecule has 3 N–H and O–H groups in total. The highest BCUT2D eigenvalue weighted by atomic mass is 35.5. The number of carbonyl (C=O) groups excluding carboxylic acids is 2. The number of amides is 3. The van der Waals surface area contributed by atoms with Gasteiger partial charge < -0.3 is 20.7 Å². The Labute approximate surface area is 190 Å². The first-order chi connectivity index (χ1) is 14.9. The number of anilines is 3. The molecule has 0 aliphatic heterocycles. The van der Waals surface area contributed by atoms with Crippen molar-refractivity contribution in [2.24, 2.45) is 0 Å². The summed E-state index contributed by atoms with van der Waals surface area (Å²) >= 11 is 7.52. The van der Waals surface area contributed by atoms with Gasteiger partial charge in [0.05, 0.1) is 17.4 Å². The van der Waals surface area contributed by atoms with E-state index < -0.39 is 0 Å². The van der Waals surface area contributed by atoms with E-state index in [1.54, 1.807) is 30.3 Å². The van der Waals surface area contributed by atoms with Gasteiger partial charge in [-0.2, -0.15) is 0 Å². The molecule has 0 radical (unpaired) electrons. The topological polar surface area (TPSA) is 79.5 Å². The number of rotatable bonds is 7. The molecule has 1 atom stereocenters. The molecule has 31 heavy (non-hydrogen) atoms. The Balaban J connectivity index is 1.52. The highest BCUT2D eigenvalue weighted by molar-refractivity contribution is 8.00. The Morgan fingerprint density at radius 3 is 2.10 bits per heavy atom. The van der Waals surface area contributed by atoms with Gasteiger partial charge in [0.15, 0.2) is 0 Å². The molecule has 0 aliphatic rings. The maximum absolute atomic E-state index is 12.5. The molecule has 0 heterocycles. The number of ether oxygens (including phenoxy) is 1. The summed E-state index contributed by atoms with van der Waals surface area (Å²) in [6.07, 6.45) is 0. The molecule has 0 saturated carbocycles. The van der Waals surface area contributed by atoms with Crippen LogP contribution in [0.25, 0.3) is 0 Å². The van der Waals surface area contributed by atoms with E-state index in [1.165, 1.54) is 18.9 Å². The van der Waals surface area contributed by atoms with E-state index in [0.717, 1.165) is 4.90 Å². The van der Waals surface area contributed by atoms with Gasteiger partial charge >= 0.3 is 6.03 Å². The molecule has 0 fully saturated rings. The average molecular weight is 456 g/mol.